The molecule has 1 aromatic carbocycles. The summed E-state index contributed by atoms with van der Waals surface area (Å²) in [6.07, 6.45) is 4.51. The van der Waals surface area contributed by atoms with Crippen LogP contribution in [0.25, 0.3) is 0 Å². The lowest BCUT2D eigenvalue weighted by molar-refractivity contribution is 0.460. The Bertz CT molecular complexity index is 745. The van der Waals surface area contributed by atoms with Gasteiger partial charge >= 0.3 is 0 Å². The van der Waals surface area contributed by atoms with Crippen molar-refractivity contribution in [2.45, 2.75) is 52.1 Å². The van der Waals surface area contributed by atoms with E-state index in [9.17, 15) is 0 Å². The van der Waals surface area contributed by atoms with Crippen LogP contribution in [-0.4, -0.2) is 46.4 Å². The first-order valence-electron chi connectivity index (χ1n) is 10.4. The largest absolute Gasteiger partial charge is 0.371 e. The average molecular weight is 384 g/mol. The van der Waals surface area contributed by atoms with Gasteiger partial charge in [0.1, 0.15) is 12.4 Å². The minimum atomic E-state index is 0.439. The van der Waals surface area contributed by atoms with Gasteiger partial charge in [0.15, 0.2) is 11.8 Å². The molecule has 0 unspecified atom stereocenters. The predicted octanol–water partition coefficient (Wildman–Crippen LogP) is 2.63. The number of nitrogens with zero attached hydrogens (tertiary/aromatic N) is 5. The number of para-hydroxylation sites is 1. The van der Waals surface area contributed by atoms with Gasteiger partial charge in [0, 0.05) is 38.4 Å². The number of benzene rings is 1. The molecule has 1 saturated heterocycles. The fourth-order valence-electron chi connectivity index (χ4n) is 3.39. The lowest BCUT2D eigenvalue weighted by Crippen LogP contribution is -2.49. The van der Waals surface area contributed by atoms with Gasteiger partial charge in [0.2, 0.25) is 0 Å². The zero-order chi connectivity index (χ0) is 19.8. The summed E-state index contributed by atoms with van der Waals surface area (Å²) in [7, 11) is 1.98. The molecular formula is C21H33N7. The van der Waals surface area contributed by atoms with E-state index in [0.717, 1.165) is 62.9 Å². The normalized spacial score (nSPS) is 15.7. The zero-order valence-electron chi connectivity index (χ0n) is 17.4. The Kier molecular flexibility index (Phi) is 7.28. The summed E-state index contributed by atoms with van der Waals surface area (Å²) in [5, 5.41) is 15.5. The van der Waals surface area contributed by atoms with E-state index in [0.29, 0.717) is 12.6 Å². The van der Waals surface area contributed by atoms with E-state index in [1.165, 1.54) is 5.69 Å². The van der Waals surface area contributed by atoms with Gasteiger partial charge in [-0.3, -0.25) is 0 Å². The average Bonchev–Trinajstić information content (AvgIpc) is 3.05. The first kappa shape index (κ1) is 20.2. The Labute approximate surface area is 168 Å². The fraction of sp³-hybridized carbons (Fsp3) is 0.571. The Morgan fingerprint density at radius 3 is 2.57 bits per heavy atom. The second-order valence-corrected chi connectivity index (χ2v) is 7.41. The molecule has 0 radical (unpaired) electrons. The molecule has 0 bridgehead atoms. The van der Waals surface area contributed by atoms with Crippen molar-refractivity contribution < 1.29 is 0 Å². The van der Waals surface area contributed by atoms with Gasteiger partial charge in [-0.05, 0) is 38.3 Å². The van der Waals surface area contributed by atoms with Crippen molar-refractivity contribution in [2.75, 3.05) is 24.5 Å². The molecule has 0 amide bonds. The van der Waals surface area contributed by atoms with Crippen LogP contribution in [0.3, 0.4) is 0 Å². The maximum atomic E-state index is 4.77. The molecular weight excluding hydrogens is 350 g/mol. The van der Waals surface area contributed by atoms with E-state index < -0.39 is 0 Å². The van der Waals surface area contributed by atoms with Crippen LogP contribution in [0.4, 0.5) is 5.69 Å². The number of nitrogens with one attached hydrogen (secondary N) is 2. The Hall–Kier alpha value is -2.57. The van der Waals surface area contributed by atoms with E-state index in [2.05, 4.69) is 63.0 Å². The molecule has 0 atom stereocenters. The van der Waals surface area contributed by atoms with Gasteiger partial charge in [-0.2, -0.15) is 0 Å². The summed E-state index contributed by atoms with van der Waals surface area (Å²) in [5.41, 5.74) is 1.31. The highest BCUT2D eigenvalue weighted by Gasteiger charge is 2.20. The highest BCUT2D eigenvalue weighted by molar-refractivity contribution is 5.80. The van der Waals surface area contributed by atoms with E-state index in [4.69, 9.17) is 4.99 Å². The number of anilines is 1. The number of piperidine rings is 1. The Balaban J connectivity index is 1.56. The molecule has 2 N–H and O–H groups in total. The molecule has 0 spiro atoms. The third kappa shape index (κ3) is 5.47. The maximum absolute atomic E-state index is 4.77. The molecule has 28 heavy (non-hydrogen) atoms. The van der Waals surface area contributed by atoms with E-state index in [-0.39, 0.29) is 0 Å². The van der Waals surface area contributed by atoms with Crippen LogP contribution in [-0.2, 0) is 13.6 Å². The van der Waals surface area contributed by atoms with Crippen molar-refractivity contribution in [3.63, 3.8) is 0 Å². The quantitative estimate of drug-likeness (QED) is 0.437. The van der Waals surface area contributed by atoms with Gasteiger partial charge < -0.3 is 20.1 Å². The van der Waals surface area contributed by atoms with Crippen LogP contribution in [0, 0.1) is 6.92 Å². The summed E-state index contributed by atoms with van der Waals surface area (Å²) in [6.45, 7) is 7.75. The van der Waals surface area contributed by atoms with Crippen molar-refractivity contribution in [3.05, 3.63) is 42.0 Å². The third-order valence-electron chi connectivity index (χ3n) is 5.34. The van der Waals surface area contributed by atoms with Crippen LogP contribution in [0.1, 0.15) is 44.3 Å². The lowest BCUT2D eigenvalue weighted by Gasteiger charge is -2.34. The Morgan fingerprint density at radius 1 is 1.18 bits per heavy atom. The number of aliphatic imine (C=N–C) groups is 1. The SMILES string of the molecule is CCCCNC(=NCc1nnc(C)n1C)NC1CCN(c2ccccc2)CC1. The third-order valence-corrected chi connectivity index (χ3v) is 5.34. The van der Waals surface area contributed by atoms with Crippen LogP contribution in [0.2, 0.25) is 0 Å². The molecule has 2 aromatic rings. The standard InChI is InChI=1S/C21H33N7/c1-4-5-13-22-21(23-16-20-26-25-17(2)27(20)3)24-18-11-14-28(15-12-18)19-9-7-6-8-10-19/h6-10,18H,4-5,11-16H2,1-3H3,(H2,22,23,24). The Morgan fingerprint density at radius 2 is 1.93 bits per heavy atom. The van der Waals surface area contributed by atoms with Gasteiger partial charge in [-0.15, -0.1) is 10.2 Å². The number of hydrogen-bond donors (Lipinski definition) is 2. The molecule has 1 aliphatic heterocycles. The first-order chi connectivity index (χ1) is 13.7. The topological polar surface area (TPSA) is 70.4 Å². The van der Waals surface area contributed by atoms with Crippen LogP contribution in [0.15, 0.2) is 35.3 Å². The number of hydrogen-bond acceptors (Lipinski definition) is 4. The van der Waals surface area contributed by atoms with Gasteiger partial charge in [-0.1, -0.05) is 31.5 Å². The fourth-order valence-corrected chi connectivity index (χ4v) is 3.39. The summed E-state index contributed by atoms with van der Waals surface area (Å²) < 4.78 is 1.99. The monoisotopic (exact) mass is 383 g/mol. The molecule has 7 nitrogen and oxygen atoms in total. The molecule has 2 heterocycles. The molecule has 7 heteroatoms. The zero-order valence-corrected chi connectivity index (χ0v) is 17.4. The minimum absolute atomic E-state index is 0.439. The molecule has 1 aromatic heterocycles. The summed E-state index contributed by atoms with van der Waals surface area (Å²) >= 11 is 0. The number of guanidine groups is 1. The summed E-state index contributed by atoms with van der Waals surface area (Å²) in [6, 6.07) is 11.1. The van der Waals surface area contributed by atoms with Crippen molar-refractivity contribution in [3.8, 4) is 0 Å². The minimum Gasteiger partial charge on any atom is -0.371 e. The van der Waals surface area contributed by atoms with Crippen molar-refractivity contribution in [1.29, 1.82) is 0 Å². The first-order valence-corrected chi connectivity index (χ1v) is 10.4. The van der Waals surface area contributed by atoms with Crippen LogP contribution in [0.5, 0.6) is 0 Å². The van der Waals surface area contributed by atoms with Crippen molar-refractivity contribution in [1.82, 2.24) is 25.4 Å². The number of unbranched alkanes of at least 4 members (excludes halogenated alkanes) is 1. The highest BCUT2D eigenvalue weighted by Crippen LogP contribution is 2.19. The summed E-state index contributed by atoms with van der Waals surface area (Å²) in [4.78, 5) is 7.23. The predicted molar refractivity (Wildman–Crippen MR) is 115 cm³/mol. The van der Waals surface area contributed by atoms with Gasteiger partial charge in [0.05, 0.1) is 0 Å². The smallest absolute Gasteiger partial charge is 0.191 e. The molecule has 0 saturated carbocycles. The number of rotatable bonds is 7. The molecule has 1 fully saturated rings. The van der Waals surface area contributed by atoms with Crippen molar-refractivity contribution in [2.24, 2.45) is 12.0 Å². The molecule has 0 aliphatic carbocycles. The van der Waals surface area contributed by atoms with Gasteiger partial charge in [0.25, 0.3) is 0 Å². The number of aryl methyl sites for hydroxylation is 1. The van der Waals surface area contributed by atoms with E-state index in [1.807, 2.05) is 18.5 Å². The highest BCUT2D eigenvalue weighted by atomic mass is 15.3. The second kappa shape index (κ2) is 10.1. The van der Waals surface area contributed by atoms with Crippen molar-refractivity contribution >= 4 is 11.6 Å². The van der Waals surface area contributed by atoms with E-state index >= 15 is 0 Å². The molecule has 152 valence electrons. The van der Waals surface area contributed by atoms with Gasteiger partial charge in [-0.25, -0.2) is 4.99 Å². The van der Waals surface area contributed by atoms with Crippen LogP contribution >= 0.6 is 0 Å². The lowest BCUT2D eigenvalue weighted by atomic mass is 10.0. The van der Waals surface area contributed by atoms with E-state index in [1.54, 1.807) is 0 Å². The molecule has 3 rings (SSSR count). The summed E-state index contributed by atoms with van der Waals surface area (Å²) in [5.74, 6) is 2.67. The number of aromatic nitrogens is 3. The maximum Gasteiger partial charge on any atom is 0.191 e. The van der Waals surface area contributed by atoms with Crippen LogP contribution < -0.4 is 15.5 Å². The molecule has 1 aliphatic rings. The second-order valence-electron chi connectivity index (χ2n) is 7.41.